The molecule has 0 aliphatic carbocycles. The van der Waals surface area contributed by atoms with Gasteiger partial charge in [0.2, 0.25) is 5.95 Å². The summed E-state index contributed by atoms with van der Waals surface area (Å²) >= 11 is 0. The Labute approximate surface area is 119 Å². The molecule has 0 bridgehead atoms. The highest BCUT2D eigenvalue weighted by molar-refractivity contribution is 5.74. The Morgan fingerprint density at radius 2 is 2.05 bits per heavy atom. The molecule has 9 nitrogen and oxygen atoms in total. The van der Waals surface area contributed by atoms with Gasteiger partial charge in [-0.15, -0.1) is 0 Å². The van der Waals surface area contributed by atoms with Crippen LogP contribution in [0, 0.1) is 0 Å². The van der Waals surface area contributed by atoms with Gasteiger partial charge in [0.1, 0.15) is 0 Å². The Bertz CT molecular complexity index is 757. The van der Waals surface area contributed by atoms with Crippen LogP contribution in [0.15, 0.2) is 9.59 Å². The van der Waals surface area contributed by atoms with Crippen molar-refractivity contribution in [3.05, 3.63) is 20.8 Å². The second-order valence-corrected chi connectivity index (χ2v) is 5.17. The van der Waals surface area contributed by atoms with Crippen molar-refractivity contribution >= 4 is 17.1 Å². The van der Waals surface area contributed by atoms with Crippen LogP contribution in [-0.2, 0) is 13.6 Å². The number of hydrogen-bond donors (Lipinski definition) is 4. The number of aromatic amines is 1. The van der Waals surface area contributed by atoms with Crippen molar-refractivity contribution in [1.82, 2.24) is 19.1 Å². The first-order valence-electron chi connectivity index (χ1n) is 6.60. The minimum atomic E-state index is -1.04. The molecule has 21 heavy (non-hydrogen) atoms. The first-order valence-corrected chi connectivity index (χ1v) is 6.60. The van der Waals surface area contributed by atoms with Crippen molar-refractivity contribution < 1.29 is 10.2 Å². The van der Waals surface area contributed by atoms with E-state index >= 15 is 0 Å². The number of aromatic nitrogens is 4. The second kappa shape index (κ2) is 5.70. The molecule has 0 aromatic carbocycles. The van der Waals surface area contributed by atoms with Gasteiger partial charge in [-0.3, -0.25) is 14.3 Å². The molecule has 2 heterocycles. The summed E-state index contributed by atoms with van der Waals surface area (Å²) in [6, 6.07) is 0.0444. The molecule has 0 amide bonds. The third-order valence-electron chi connectivity index (χ3n) is 3.03. The monoisotopic (exact) mass is 297 g/mol. The van der Waals surface area contributed by atoms with Crippen molar-refractivity contribution in [2.75, 3.05) is 11.9 Å². The van der Waals surface area contributed by atoms with E-state index in [9.17, 15) is 14.7 Å². The number of hydrogen-bond acceptors (Lipinski definition) is 6. The average molecular weight is 297 g/mol. The molecule has 0 aliphatic heterocycles. The van der Waals surface area contributed by atoms with Crippen molar-refractivity contribution in [3.8, 4) is 0 Å². The minimum Gasteiger partial charge on any atom is -0.394 e. The maximum atomic E-state index is 12.0. The summed E-state index contributed by atoms with van der Waals surface area (Å²) in [4.78, 5) is 30.1. The van der Waals surface area contributed by atoms with Gasteiger partial charge in [-0.25, -0.2) is 4.79 Å². The van der Waals surface area contributed by atoms with Crippen LogP contribution in [0.5, 0.6) is 0 Å². The van der Waals surface area contributed by atoms with E-state index in [-0.39, 0.29) is 23.8 Å². The molecular weight excluding hydrogens is 278 g/mol. The van der Waals surface area contributed by atoms with Crippen LogP contribution in [0.25, 0.3) is 11.2 Å². The van der Waals surface area contributed by atoms with Crippen molar-refractivity contribution in [1.29, 1.82) is 0 Å². The number of fused-ring (bicyclic) bond motifs is 1. The first-order chi connectivity index (χ1) is 9.85. The fourth-order valence-corrected chi connectivity index (χ4v) is 2.05. The summed E-state index contributed by atoms with van der Waals surface area (Å²) in [7, 11) is 1.50. The molecule has 0 aliphatic rings. The van der Waals surface area contributed by atoms with Gasteiger partial charge in [0.05, 0.1) is 19.3 Å². The lowest BCUT2D eigenvalue weighted by Crippen LogP contribution is -2.30. The van der Waals surface area contributed by atoms with Crippen LogP contribution in [0.1, 0.15) is 13.8 Å². The SMILES string of the molecule is CC(C)Nc1nc2c(c(=O)[nH]c(=O)n2C)n1C[C@@H](O)CO. The van der Waals surface area contributed by atoms with Crippen LogP contribution in [0.4, 0.5) is 5.95 Å². The van der Waals surface area contributed by atoms with E-state index in [0.717, 1.165) is 0 Å². The summed E-state index contributed by atoms with van der Waals surface area (Å²) in [5.74, 6) is 0.360. The van der Waals surface area contributed by atoms with Crippen LogP contribution in [-0.4, -0.2) is 48.1 Å². The molecule has 2 aromatic heterocycles. The molecule has 0 unspecified atom stereocenters. The number of aliphatic hydroxyl groups excluding tert-OH is 2. The van der Waals surface area contributed by atoms with E-state index in [1.54, 1.807) is 0 Å². The topological polar surface area (TPSA) is 125 Å². The minimum absolute atomic E-state index is 0.0106. The number of nitrogens with zero attached hydrogens (tertiary/aromatic N) is 3. The molecule has 2 aromatic rings. The van der Waals surface area contributed by atoms with Gasteiger partial charge < -0.3 is 20.1 Å². The summed E-state index contributed by atoms with van der Waals surface area (Å²) < 4.78 is 2.69. The fraction of sp³-hybridized carbons (Fsp3) is 0.583. The number of anilines is 1. The summed E-state index contributed by atoms with van der Waals surface area (Å²) in [6.07, 6.45) is -1.04. The highest BCUT2D eigenvalue weighted by atomic mass is 16.3. The lowest BCUT2D eigenvalue weighted by molar-refractivity contribution is 0.0824. The number of H-pyrrole nitrogens is 1. The molecule has 1 atom stereocenters. The molecule has 116 valence electrons. The number of aryl methyl sites for hydroxylation is 1. The zero-order chi connectivity index (χ0) is 15.7. The van der Waals surface area contributed by atoms with Crippen LogP contribution in [0.2, 0.25) is 0 Å². The molecule has 0 saturated heterocycles. The maximum absolute atomic E-state index is 12.0. The van der Waals surface area contributed by atoms with E-state index in [1.165, 1.54) is 16.2 Å². The lowest BCUT2D eigenvalue weighted by atomic mass is 10.3. The third kappa shape index (κ3) is 2.83. The van der Waals surface area contributed by atoms with E-state index < -0.39 is 24.0 Å². The number of nitrogens with one attached hydrogen (secondary N) is 2. The molecular formula is C12H19N5O4. The molecule has 4 N–H and O–H groups in total. The molecule has 0 spiro atoms. The van der Waals surface area contributed by atoms with Gasteiger partial charge in [-0.2, -0.15) is 4.98 Å². The Balaban J connectivity index is 2.73. The Morgan fingerprint density at radius 3 is 2.62 bits per heavy atom. The van der Waals surface area contributed by atoms with Crippen LogP contribution < -0.4 is 16.6 Å². The highest BCUT2D eigenvalue weighted by Crippen LogP contribution is 2.16. The average Bonchev–Trinajstić information content (AvgIpc) is 2.74. The van der Waals surface area contributed by atoms with Gasteiger partial charge >= 0.3 is 5.69 Å². The van der Waals surface area contributed by atoms with Crippen molar-refractivity contribution in [3.63, 3.8) is 0 Å². The molecule has 0 radical (unpaired) electrons. The van der Waals surface area contributed by atoms with Crippen molar-refractivity contribution in [2.45, 2.75) is 32.5 Å². The van der Waals surface area contributed by atoms with E-state index in [1.807, 2.05) is 13.8 Å². The molecule has 0 fully saturated rings. The molecule has 2 rings (SSSR count). The quantitative estimate of drug-likeness (QED) is 0.538. The number of rotatable bonds is 5. The standard InChI is InChI=1S/C12H19N5O4/c1-6(2)13-11-14-9-8(17(11)4-7(19)5-18)10(20)15-12(21)16(9)3/h6-7,18-19H,4-5H2,1-3H3,(H,13,14)(H,15,20,21)/t7-/m1/s1. The van der Waals surface area contributed by atoms with E-state index in [4.69, 9.17) is 5.11 Å². The fourth-order valence-electron chi connectivity index (χ4n) is 2.05. The van der Waals surface area contributed by atoms with E-state index in [0.29, 0.717) is 5.95 Å². The summed E-state index contributed by atoms with van der Waals surface area (Å²) in [5.41, 5.74) is -0.747. The smallest absolute Gasteiger partial charge is 0.329 e. The highest BCUT2D eigenvalue weighted by Gasteiger charge is 2.19. The maximum Gasteiger partial charge on any atom is 0.329 e. The normalized spacial score (nSPS) is 13.0. The number of aliphatic hydroxyl groups is 2. The first kappa shape index (κ1) is 15.3. The van der Waals surface area contributed by atoms with Crippen LogP contribution in [0.3, 0.4) is 0 Å². The largest absolute Gasteiger partial charge is 0.394 e. The zero-order valence-corrected chi connectivity index (χ0v) is 12.1. The second-order valence-electron chi connectivity index (χ2n) is 5.17. The number of imidazole rings is 1. The van der Waals surface area contributed by atoms with Gasteiger partial charge in [0, 0.05) is 13.1 Å². The van der Waals surface area contributed by atoms with Crippen LogP contribution >= 0.6 is 0 Å². The van der Waals surface area contributed by atoms with Gasteiger partial charge in [-0.1, -0.05) is 0 Å². The molecule has 0 saturated carbocycles. The van der Waals surface area contributed by atoms with Gasteiger partial charge in [-0.05, 0) is 13.8 Å². The lowest BCUT2D eigenvalue weighted by Gasteiger charge is -2.14. The predicted molar refractivity (Wildman–Crippen MR) is 77.4 cm³/mol. The van der Waals surface area contributed by atoms with Gasteiger partial charge in [0.25, 0.3) is 5.56 Å². The third-order valence-corrected chi connectivity index (χ3v) is 3.03. The Hall–Kier alpha value is -2.13. The molecule has 9 heteroatoms. The van der Waals surface area contributed by atoms with Gasteiger partial charge in [0.15, 0.2) is 11.2 Å². The summed E-state index contributed by atoms with van der Waals surface area (Å²) in [5, 5.41) is 21.7. The Morgan fingerprint density at radius 1 is 1.38 bits per heavy atom. The summed E-state index contributed by atoms with van der Waals surface area (Å²) in [6.45, 7) is 3.35. The predicted octanol–water partition coefficient (Wildman–Crippen LogP) is -1.40. The van der Waals surface area contributed by atoms with Crippen molar-refractivity contribution in [2.24, 2.45) is 7.05 Å². The van der Waals surface area contributed by atoms with E-state index in [2.05, 4.69) is 15.3 Å². The zero-order valence-electron chi connectivity index (χ0n) is 12.1. The Kier molecular flexibility index (Phi) is 4.14.